The summed E-state index contributed by atoms with van der Waals surface area (Å²) in [6.45, 7) is 4.17. The molecule has 3 heteroatoms. The van der Waals surface area contributed by atoms with Crippen LogP contribution in [0.15, 0.2) is 42.5 Å². The molecule has 0 aromatic heterocycles. The highest BCUT2D eigenvalue weighted by Crippen LogP contribution is 2.34. The van der Waals surface area contributed by atoms with Crippen molar-refractivity contribution in [3.05, 3.63) is 70.5 Å². The summed E-state index contributed by atoms with van der Waals surface area (Å²) in [6.07, 6.45) is 0.710. The Hall–Kier alpha value is -1.05. The maximum absolute atomic E-state index is 13.6. The Balaban J connectivity index is 2.48. The standard InChI is InChI=1S/C18H19Cl2F/c1-13-5-3-6-14(2)17(13)10-18(11-19,12-20)15-7-4-8-16(21)9-15/h3-9H,10-12H2,1-2H3. The number of rotatable bonds is 5. The molecule has 0 heterocycles. The molecule has 0 saturated heterocycles. The van der Waals surface area contributed by atoms with E-state index >= 15 is 0 Å². The predicted octanol–water partition coefficient (Wildman–Crippen LogP) is 5.40. The normalized spacial score (nSPS) is 11.7. The summed E-state index contributed by atoms with van der Waals surface area (Å²) in [5.41, 5.74) is 4.07. The summed E-state index contributed by atoms with van der Waals surface area (Å²) in [4.78, 5) is 0. The van der Waals surface area contributed by atoms with Crippen LogP contribution in [0.3, 0.4) is 0 Å². The van der Waals surface area contributed by atoms with Gasteiger partial charge in [-0.25, -0.2) is 4.39 Å². The molecule has 0 N–H and O–H groups in total. The van der Waals surface area contributed by atoms with Gasteiger partial charge in [0.15, 0.2) is 0 Å². The second-order valence-electron chi connectivity index (χ2n) is 5.61. The molecule has 0 aliphatic heterocycles. The van der Waals surface area contributed by atoms with E-state index in [9.17, 15) is 4.39 Å². The third-order valence-electron chi connectivity index (χ3n) is 4.11. The molecule has 0 radical (unpaired) electrons. The molecule has 112 valence electrons. The number of benzene rings is 2. The van der Waals surface area contributed by atoms with Crippen molar-refractivity contribution in [3.63, 3.8) is 0 Å². The molecule has 0 spiro atoms. The average Bonchev–Trinajstić information content (AvgIpc) is 2.48. The minimum atomic E-state index is -0.456. The molecule has 0 atom stereocenters. The Kier molecular flexibility index (Phi) is 5.29. The van der Waals surface area contributed by atoms with E-state index in [0.29, 0.717) is 18.2 Å². The van der Waals surface area contributed by atoms with Crippen LogP contribution in [0.4, 0.5) is 4.39 Å². The summed E-state index contributed by atoms with van der Waals surface area (Å²) in [5.74, 6) is 0.454. The Labute approximate surface area is 135 Å². The third kappa shape index (κ3) is 3.41. The Morgan fingerprint density at radius 2 is 1.52 bits per heavy atom. The summed E-state index contributed by atoms with van der Waals surface area (Å²) in [5, 5.41) is 0. The molecule has 0 aliphatic rings. The second kappa shape index (κ2) is 6.81. The molecule has 0 aliphatic carbocycles. The van der Waals surface area contributed by atoms with Crippen molar-refractivity contribution in [2.24, 2.45) is 0 Å². The summed E-state index contributed by atoms with van der Waals surface area (Å²) in [7, 11) is 0. The monoisotopic (exact) mass is 324 g/mol. The molecular formula is C18H19Cl2F. The fourth-order valence-corrected chi connectivity index (χ4v) is 3.45. The molecule has 2 aromatic carbocycles. The van der Waals surface area contributed by atoms with Crippen LogP contribution >= 0.6 is 23.2 Å². The topological polar surface area (TPSA) is 0 Å². The number of hydrogen-bond donors (Lipinski definition) is 0. The zero-order valence-electron chi connectivity index (χ0n) is 12.3. The largest absolute Gasteiger partial charge is 0.207 e. The van der Waals surface area contributed by atoms with E-state index in [1.165, 1.54) is 22.8 Å². The van der Waals surface area contributed by atoms with Gasteiger partial charge in [0.2, 0.25) is 0 Å². The maximum Gasteiger partial charge on any atom is 0.123 e. The summed E-state index contributed by atoms with van der Waals surface area (Å²) < 4.78 is 13.6. The van der Waals surface area contributed by atoms with E-state index < -0.39 is 5.41 Å². The van der Waals surface area contributed by atoms with Crippen LogP contribution in [0, 0.1) is 19.7 Å². The number of aryl methyl sites for hydroxylation is 2. The zero-order chi connectivity index (χ0) is 15.5. The lowest BCUT2D eigenvalue weighted by molar-refractivity contribution is 0.525. The van der Waals surface area contributed by atoms with Crippen LogP contribution in [0.2, 0.25) is 0 Å². The van der Waals surface area contributed by atoms with Crippen molar-refractivity contribution in [3.8, 4) is 0 Å². The van der Waals surface area contributed by atoms with Gasteiger partial charge in [-0.1, -0.05) is 30.3 Å². The van der Waals surface area contributed by atoms with E-state index in [1.54, 1.807) is 12.1 Å². The van der Waals surface area contributed by atoms with Gasteiger partial charge in [0.1, 0.15) is 5.82 Å². The highest BCUT2D eigenvalue weighted by atomic mass is 35.5. The quantitative estimate of drug-likeness (QED) is 0.646. The van der Waals surface area contributed by atoms with Crippen molar-refractivity contribution in [2.75, 3.05) is 11.8 Å². The summed E-state index contributed by atoms with van der Waals surface area (Å²) in [6, 6.07) is 12.8. The number of alkyl halides is 2. The number of halogens is 3. The molecule has 0 nitrogen and oxygen atoms in total. The van der Waals surface area contributed by atoms with Crippen LogP contribution in [0.25, 0.3) is 0 Å². The zero-order valence-corrected chi connectivity index (χ0v) is 13.8. The van der Waals surface area contributed by atoms with Gasteiger partial charge in [0.05, 0.1) is 0 Å². The van der Waals surface area contributed by atoms with Crippen LogP contribution in [0.1, 0.15) is 22.3 Å². The molecule has 0 saturated carbocycles. The first-order chi connectivity index (χ1) is 10.0. The van der Waals surface area contributed by atoms with Gasteiger partial charge in [0.25, 0.3) is 0 Å². The van der Waals surface area contributed by atoms with Crippen molar-refractivity contribution >= 4 is 23.2 Å². The van der Waals surface area contributed by atoms with Gasteiger partial charge in [-0.05, 0) is 54.7 Å². The first kappa shape index (κ1) is 16.3. The maximum atomic E-state index is 13.6. The van der Waals surface area contributed by atoms with Crippen molar-refractivity contribution in [2.45, 2.75) is 25.7 Å². The van der Waals surface area contributed by atoms with Crippen molar-refractivity contribution < 1.29 is 4.39 Å². The van der Waals surface area contributed by atoms with Gasteiger partial charge in [-0.2, -0.15) is 0 Å². The van der Waals surface area contributed by atoms with Gasteiger partial charge >= 0.3 is 0 Å². The van der Waals surface area contributed by atoms with Gasteiger partial charge in [-0.15, -0.1) is 23.2 Å². The fourth-order valence-electron chi connectivity index (χ4n) is 2.67. The van der Waals surface area contributed by atoms with Crippen molar-refractivity contribution in [1.29, 1.82) is 0 Å². The first-order valence-electron chi connectivity index (χ1n) is 6.95. The highest BCUT2D eigenvalue weighted by molar-refractivity contribution is 6.22. The summed E-state index contributed by atoms with van der Waals surface area (Å²) >= 11 is 12.5. The SMILES string of the molecule is Cc1cccc(C)c1CC(CCl)(CCl)c1cccc(F)c1. The Morgan fingerprint density at radius 3 is 2.05 bits per heavy atom. The molecule has 2 aromatic rings. The number of hydrogen-bond acceptors (Lipinski definition) is 0. The van der Waals surface area contributed by atoms with Gasteiger partial charge in [-0.3, -0.25) is 0 Å². The Bertz CT molecular complexity index is 598. The van der Waals surface area contributed by atoms with Gasteiger partial charge < -0.3 is 0 Å². The molecule has 0 fully saturated rings. The first-order valence-corrected chi connectivity index (χ1v) is 8.02. The molecule has 2 rings (SSSR count). The van der Waals surface area contributed by atoms with E-state index in [4.69, 9.17) is 23.2 Å². The van der Waals surface area contributed by atoms with Crippen LogP contribution in [0.5, 0.6) is 0 Å². The van der Waals surface area contributed by atoms with Gasteiger partial charge in [0, 0.05) is 17.2 Å². The van der Waals surface area contributed by atoms with Crippen LogP contribution < -0.4 is 0 Å². The molecule has 21 heavy (non-hydrogen) atoms. The minimum absolute atomic E-state index is 0.256. The minimum Gasteiger partial charge on any atom is -0.207 e. The lowest BCUT2D eigenvalue weighted by Gasteiger charge is -2.31. The fraction of sp³-hybridized carbons (Fsp3) is 0.333. The second-order valence-corrected chi connectivity index (χ2v) is 6.14. The van der Waals surface area contributed by atoms with E-state index in [-0.39, 0.29) is 5.82 Å². The smallest absolute Gasteiger partial charge is 0.123 e. The van der Waals surface area contributed by atoms with Crippen molar-refractivity contribution in [1.82, 2.24) is 0 Å². The van der Waals surface area contributed by atoms with E-state index in [0.717, 1.165) is 5.56 Å². The van der Waals surface area contributed by atoms with Crippen LogP contribution in [-0.2, 0) is 11.8 Å². The van der Waals surface area contributed by atoms with E-state index in [1.807, 2.05) is 12.1 Å². The molecule has 0 amide bonds. The predicted molar refractivity (Wildman–Crippen MR) is 89.1 cm³/mol. The van der Waals surface area contributed by atoms with Crippen LogP contribution in [-0.4, -0.2) is 11.8 Å². The third-order valence-corrected chi connectivity index (χ3v) is 5.13. The lowest BCUT2D eigenvalue weighted by Crippen LogP contribution is -2.34. The van der Waals surface area contributed by atoms with E-state index in [2.05, 4.69) is 26.0 Å². The molecular weight excluding hydrogens is 306 g/mol. The lowest BCUT2D eigenvalue weighted by atomic mass is 9.77. The molecule has 0 bridgehead atoms. The average molecular weight is 325 g/mol. The molecule has 0 unspecified atom stereocenters. The Morgan fingerprint density at radius 1 is 0.952 bits per heavy atom. The highest BCUT2D eigenvalue weighted by Gasteiger charge is 2.32.